The second kappa shape index (κ2) is 7.66. The number of hydrogen-bond acceptors (Lipinski definition) is 3. The highest BCUT2D eigenvalue weighted by molar-refractivity contribution is 5.78. The van der Waals surface area contributed by atoms with E-state index in [0.29, 0.717) is 19.1 Å². The lowest BCUT2D eigenvalue weighted by Gasteiger charge is -2.33. The van der Waals surface area contributed by atoms with Gasteiger partial charge >= 0.3 is 0 Å². The molecule has 1 aromatic carbocycles. The van der Waals surface area contributed by atoms with Gasteiger partial charge in [0.15, 0.2) is 0 Å². The Morgan fingerprint density at radius 2 is 1.96 bits per heavy atom. The average Bonchev–Trinajstić information content (AvgIpc) is 2.92. The van der Waals surface area contributed by atoms with E-state index < -0.39 is 0 Å². The van der Waals surface area contributed by atoms with Gasteiger partial charge in [0.1, 0.15) is 0 Å². The third kappa shape index (κ3) is 4.37. The minimum absolute atomic E-state index is 0.114. The molecular weight excluding hydrogens is 300 g/mol. The smallest absolute Gasteiger partial charge is 0.236 e. The molecule has 2 heterocycles. The van der Waals surface area contributed by atoms with Crippen LogP contribution in [0.2, 0.25) is 0 Å². The summed E-state index contributed by atoms with van der Waals surface area (Å²) in [4.78, 5) is 14.5. The fourth-order valence-corrected chi connectivity index (χ4v) is 3.76. The Morgan fingerprint density at radius 1 is 1.25 bits per heavy atom. The summed E-state index contributed by atoms with van der Waals surface area (Å²) in [6, 6.07) is 11.0. The van der Waals surface area contributed by atoms with E-state index in [0.717, 1.165) is 39.0 Å². The fourth-order valence-electron chi connectivity index (χ4n) is 3.76. The molecule has 1 unspecified atom stereocenters. The maximum atomic E-state index is 12.5. The molecule has 4 nitrogen and oxygen atoms in total. The number of carbonyl (C=O) groups excluding carboxylic acids is 1. The van der Waals surface area contributed by atoms with E-state index in [-0.39, 0.29) is 17.4 Å². The second-order valence-electron chi connectivity index (χ2n) is 7.95. The number of ether oxygens (including phenoxy) is 1. The van der Waals surface area contributed by atoms with Crippen LogP contribution >= 0.6 is 0 Å². The van der Waals surface area contributed by atoms with Crippen LogP contribution < -0.4 is 5.32 Å². The number of rotatable bonds is 5. The molecule has 24 heavy (non-hydrogen) atoms. The highest BCUT2D eigenvalue weighted by Gasteiger charge is 2.35. The molecule has 0 aromatic heterocycles. The van der Waals surface area contributed by atoms with Crippen molar-refractivity contribution in [1.29, 1.82) is 0 Å². The predicted molar refractivity (Wildman–Crippen MR) is 95.8 cm³/mol. The molecule has 0 saturated carbocycles. The van der Waals surface area contributed by atoms with Gasteiger partial charge in [-0.2, -0.15) is 0 Å². The summed E-state index contributed by atoms with van der Waals surface area (Å²) in [5.41, 5.74) is 1.52. The minimum Gasteiger partial charge on any atom is -0.379 e. The van der Waals surface area contributed by atoms with Gasteiger partial charge in [0.05, 0.1) is 19.8 Å². The van der Waals surface area contributed by atoms with Gasteiger partial charge in [-0.05, 0) is 30.7 Å². The summed E-state index contributed by atoms with van der Waals surface area (Å²) in [5.74, 6) is 0.933. The highest BCUT2D eigenvalue weighted by atomic mass is 16.5. The number of piperidine rings is 1. The van der Waals surface area contributed by atoms with Crippen molar-refractivity contribution >= 4 is 5.91 Å². The first-order chi connectivity index (χ1) is 11.5. The Hall–Kier alpha value is -1.39. The Morgan fingerprint density at radius 3 is 2.58 bits per heavy atom. The number of nitrogens with one attached hydrogen (secondary N) is 1. The molecule has 4 heteroatoms. The lowest BCUT2D eigenvalue weighted by Crippen LogP contribution is -2.48. The van der Waals surface area contributed by atoms with E-state index in [1.165, 1.54) is 5.56 Å². The van der Waals surface area contributed by atoms with Crippen molar-refractivity contribution in [2.24, 2.45) is 11.3 Å². The van der Waals surface area contributed by atoms with Crippen molar-refractivity contribution in [1.82, 2.24) is 10.2 Å². The van der Waals surface area contributed by atoms with Gasteiger partial charge in [0.25, 0.3) is 0 Å². The van der Waals surface area contributed by atoms with Gasteiger partial charge in [-0.1, -0.05) is 44.2 Å². The van der Waals surface area contributed by atoms with Crippen LogP contribution in [0.5, 0.6) is 0 Å². The second-order valence-corrected chi connectivity index (χ2v) is 7.95. The summed E-state index contributed by atoms with van der Waals surface area (Å²) < 4.78 is 5.53. The van der Waals surface area contributed by atoms with Crippen LogP contribution in [0, 0.1) is 11.3 Å². The predicted octanol–water partition coefficient (Wildman–Crippen LogP) is 2.48. The molecule has 1 amide bonds. The molecule has 3 rings (SSSR count). The monoisotopic (exact) mass is 330 g/mol. The van der Waals surface area contributed by atoms with Gasteiger partial charge in [-0.15, -0.1) is 0 Å². The van der Waals surface area contributed by atoms with Gasteiger partial charge in [-0.3, -0.25) is 4.79 Å². The number of nitrogens with zero attached hydrogens (tertiary/aromatic N) is 1. The summed E-state index contributed by atoms with van der Waals surface area (Å²) in [6.45, 7) is 8.07. The molecular formula is C20H30N2O2. The van der Waals surface area contributed by atoms with E-state index in [1.54, 1.807) is 0 Å². The minimum atomic E-state index is 0.114. The zero-order chi connectivity index (χ0) is 17.0. The Balaban J connectivity index is 1.40. The Bertz CT molecular complexity index is 536. The van der Waals surface area contributed by atoms with Crippen LogP contribution in [-0.4, -0.2) is 49.7 Å². The van der Waals surface area contributed by atoms with E-state index >= 15 is 0 Å². The lowest BCUT2D eigenvalue weighted by molar-refractivity contribution is -0.131. The first-order valence-corrected chi connectivity index (χ1v) is 9.17. The lowest BCUT2D eigenvalue weighted by atomic mass is 9.88. The van der Waals surface area contributed by atoms with E-state index in [4.69, 9.17) is 4.74 Å². The van der Waals surface area contributed by atoms with Crippen molar-refractivity contribution in [3.63, 3.8) is 0 Å². The summed E-state index contributed by atoms with van der Waals surface area (Å²) in [6.07, 6.45) is 3.35. The standard InChI is InChI=1S/C20H30N2O2/c1-20(2)15-24-14-18(20)21-13-19(23)22-10-8-17(9-11-22)12-16-6-4-3-5-7-16/h3-7,17-18,21H,8-15H2,1-2H3. The molecule has 2 aliphatic heterocycles. The molecule has 2 fully saturated rings. The molecule has 0 aliphatic carbocycles. The van der Waals surface area contributed by atoms with Gasteiger partial charge in [0.2, 0.25) is 5.91 Å². The van der Waals surface area contributed by atoms with Crippen molar-refractivity contribution in [3.05, 3.63) is 35.9 Å². The quantitative estimate of drug-likeness (QED) is 0.902. The Kier molecular flexibility index (Phi) is 5.57. The van der Waals surface area contributed by atoms with E-state index in [2.05, 4.69) is 49.5 Å². The zero-order valence-corrected chi connectivity index (χ0v) is 15.0. The van der Waals surface area contributed by atoms with Crippen LogP contribution in [0.1, 0.15) is 32.3 Å². The number of benzene rings is 1. The van der Waals surface area contributed by atoms with Gasteiger partial charge in [-0.25, -0.2) is 0 Å². The molecule has 1 N–H and O–H groups in total. The number of hydrogen-bond donors (Lipinski definition) is 1. The SMILES string of the molecule is CC1(C)COCC1NCC(=O)N1CCC(Cc2ccccc2)CC1. The normalized spacial score (nSPS) is 24.2. The van der Waals surface area contributed by atoms with Gasteiger partial charge in [0, 0.05) is 24.5 Å². The fraction of sp³-hybridized carbons (Fsp3) is 0.650. The molecule has 2 aliphatic rings. The highest BCUT2D eigenvalue weighted by Crippen LogP contribution is 2.27. The molecule has 0 bridgehead atoms. The van der Waals surface area contributed by atoms with Crippen LogP contribution in [0.25, 0.3) is 0 Å². The molecule has 132 valence electrons. The molecule has 1 atom stereocenters. The molecule has 2 saturated heterocycles. The largest absolute Gasteiger partial charge is 0.379 e. The average molecular weight is 330 g/mol. The van der Waals surface area contributed by atoms with Crippen LogP contribution in [-0.2, 0) is 16.0 Å². The van der Waals surface area contributed by atoms with Crippen LogP contribution in [0.4, 0.5) is 0 Å². The van der Waals surface area contributed by atoms with Gasteiger partial charge < -0.3 is 15.0 Å². The number of carbonyl (C=O) groups is 1. The Labute approximate surface area is 145 Å². The molecule has 0 radical (unpaired) electrons. The van der Waals surface area contributed by atoms with Crippen LogP contribution in [0.3, 0.4) is 0 Å². The summed E-state index contributed by atoms with van der Waals surface area (Å²) in [5, 5.41) is 3.40. The number of likely N-dealkylation sites (tertiary alicyclic amines) is 1. The maximum absolute atomic E-state index is 12.5. The zero-order valence-electron chi connectivity index (χ0n) is 15.0. The molecule has 1 aromatic rings. The van der Waals surface area contributed by atoms with E-state index in [1.807, 2.05) is 4.90 Å². The number of amides is 1. The molecule has 0 spiro atoms. The topological polar surface area (TPSA) is 41.6 Å². The van der Waals surface area contributed by atoms with Crippen molar-refractivity contribution in [3.8, 4) is 0 Å². The van der Waals surface area contributed by atoms with E-state index in [9.17, 15) is 4.79 Å². The first-order valence-electron chi connectivity index (χ1n) is 9.17. The first kappa shape index (κ1) is 17.4. The van der Waals surface area contributed by atoms with Crippen LogP contribution in [0.15, 0.2) is 30.3 Å². The summed E-state index contributed by atoms with van der Waals surface area (Å²) >= 11 is 0. The summed E-state index contributed by atoms with van der Waals surface area (Å²) in [7, 11) is 0. The maximum Gasteiger partial charge on any atom is 0.236 e. The van der Waals surface area contributed by atoms with Crippen molar-refractivity contribution in [2.75, 3.05) is 32.8 Å². The third-order valence-corrected chi connectivity index (χ3v) is 5.54. The van der Waals surface area contributed by atoms with Crippen molar-refractivity contribution in [2.45, 2.75) is 39.2 Å². The third-order valence-electron chi connectivity index (χ3n) is 5.54. The van der Waals surface area contributed by atoms with Crippen molar-refractivity contribution < 1.29 is 9.53 Å².